The second-order valence-corrected chi connectivity index (χ2v) is 4.93. The fourth-order valence-corrected chi connectivity index (χ4v) is 3.63. The molecule has 0 spiro atoms. The summed E-state index contributed by atoms with van der Waals surface area (Å²) in [6, 6.07) is 0.603. The lowest BCUT2D eigenvalue weighted by molar-refractivity contribution is 0.156. The Morgan fingerprint density at radius 3 is 2.38 bits per heavy atom. The summed E-state index contributed by atoms with van der Waals surface area (Å²) in [6.07, 6.45) is 6.83. The lowest BCUT2D eigenvalue weighted by Gasteiger charge is -2.37. The van der Waals surface area contributed by atoms with Crippen LogP contribution in [0.1, 0.15) is 32.1 Å². The minimum atomic E-state index is 0.603. The third kappa shape index (κ3) is 1.18. The summed E-state index contributed by atoms with van der Waals surface area (Å²) < 4.78 is 5.40. The molecule has 0 amide bonds. The molecule has 2 fully saturated rings. The van der Waals surface area contributed by atoms with Crippen LogP contribution in [0.5, 0.6) is 0 Å². The van der Waals surface area contributed by atoms with Gasteiger partial charge in [0.15, 0.2) is 5.90 Å². The molecule has 4 bridgehead atoms. The molecule has 72 valence electrons. The van der Waals surface area contributed by atoms with E-state index in [1.165, 1.54) is 32.1 Å². The van der Waals surface area contributed by atoms with Crippen LogP contribution in [0.3, 0.4) is 0 Å². The Balaban J connectivity index is 1.94. The highest BCUT2D eigenvalue weighted by molar-refractivity contribution is 5.79. The Morgan fingerprint density at radius 2 is 1.77 bits per heavy atom. The van der Waals surface area contributed by atoms with Crippen LogP contribution in [-0.4, -0.2) is 19.0 Å². The van der Waals surface area contributed by atoms with Crippen LogP contribution in [0.15, 0.2) is 4.99 Å². The molecule has 4 atom stereocenters. The maximum absolute atomic E-state index is 5.40. The van der Waals surface area contributed by atoms with E-state index in [1.807, 2.05) is 0 Å². The number of aliphatic imine (C=N–C) groups is 1. The normalized spacial score (nSPS) is 47.3. The monoisotopic (exact) mass is 179 g/mol. The minimum absolute atomic E-state index is 0.603. The predicted molar refractivity (Wildman–Crippen MR) is 51.8 cm³/mol. The van der Waals surface area contributed by atoms with Crippen molar-refractivity contribution in [3.8, 4) is 0 Å². The number of hydrogen-bond donors (Lipinski definition) is 0. The van der Waals surface area contributed by atoms with Gasteiger partial charge in [-0.25, -0.2) is 0 Å². The number of ether oxygens (including phenoxy) is 1. The maximum atomic E-state index is 5.40. The molecule has 0 N–H and O–H groups in total. The van der Waals surface area contributed by atoms with Crippen LogP contribution in [-0.2, 0) is 4.74 Å². The van der Waals surface area contributed by atoms with Crippen molar-refractivity contribution in [2.75, 3.05) is 7.11 Å². The van der Waals surface area contributed by atoms with Gasteiger partial charge in [0.05, 0.1) is 13.2 Å². The van der Waals surface area contributed by atoms with Gasteiger partial charge in [-0.1, -0.05) is 0 Å². The van der Waals surface area contributed by atoms with Crippen LogP contribution in [0.25, 0.3) is 0 Å². The van der Waals surface area contributed by atoms with E-state index in [4.69, 9.17) is 9.73 Å². The van der Waals surface area contributed by atoms with E-state index >= 15 is 0 Å². The average molecular weight is 179 g/mol. The topological polar surface area (TPSA) is 21.6 Å². The Hall–Kier alpha value is -0.530. The summed E-state index contributed by atoms with van der Waals surface area (Å²) in [7, 11) is 1.78. The maximum Gasteiger partial charge on any atom is 0.186 e. The first-order chi connectivity index (χ1) is 6.35. The highest BCUT2D eigenvalue weighted by Gasteiger charge is 2.41. The van der Waals surface area contributed by atoms with E-state index < -0.39 is 0 Å². The van der Waals surface area contributed by atoms with Gasteiger partial charge in [-0.2, -0.15) is 0 Å². The molecule has 2 heteroatoms. The van der Waals surface area contributed by atoms with Gasteiger partial charge in [-0.3, -0.25) is 4.99 Å². The van der Waals surface area contributed by atoms with Gasteiger partial charge in [0.2, 0.25) is 0 Å². The van der Waals surface area contributed by atoms with Gasteiger partial charge in [0.25, 0.3) is 0 Å². The van der Waals surface area contributed by atoms with Crippen molar-refractivity contribution in [1.29, 1.82) is 0 Å². The lowest BCUT2D eigenvalue weighted by Crippen LogP contribution is -2.31. The molecule has 0 aromatic heterocycles. The lowest BCUT2D eigenvalue weighted by atomic mass is 9.68. The van der Waals surface area contributed by atoms with Crippen molar-refractivity contribution in [1.82, 2.24) is 0 Å². The zero-order chi connectivity index (χ0) is 8.84. The minimum Gasteiger partial charge on any atom is -0.484 e. The van der Waals surface area contributed by atoms with Crippen LogP contribution in [0, 0.1) is 17.8 Å². The van der Waals surface area contributed by atoms with E-state index in [-0.39, 0.29) is 0 Å². The molecule has 2 unspecified atom stereocenters. The number of hydrogen-bond acceptors (Lipinski definition) is 2. The summed E-state index contributed by atoms with van der Waals surface area (Å²) in [6.45, 7) is 0. The molecule has 2 nitrogen and oxygen atoms in total. The molecular formula is C11H17NO. The summed E-state index contributed by atoms with van der Waals surface area (Å²) in [5.41, 5.74) is 0. The van der Waals surface area contributed by atoms with Crippen molar-refractivity contribution in [3.05, 3.63) is 0 Å². The van der Waals surface area contributed by atoms with Crippen molar-refractivity contribution < 1.29 is 4.74 Å². The van der Waals surface area contributed by atoms with Crippen molar-refractivity contribution in [2.45, 2.75) is 38.1 Å². The SMILES string of the molecule is COC1=NC2C[C@@H]3CC1C[C@H](C2)C3. The van der Waals surface area contributed by atoms with E-state index in [0.29, 0.717) is 12.0 Å². The molecule has 2 aliphatic carbocycles. The summed E-state index contributed by atoms with van der Waals surface area (Å²) in [4.78, 5) is 4.73. The first-order valence-corrected chi connectivity index (χ1v) is 5.47. The van der Waals surface area contributed by atoms with Gasteiger partial charge in [-0.15, -0.1) is 0 Å². The van der Waals surface area contributed by atoms with E-state index in [9.17, 15) is 0 Å². The van der Waals surface area contributed by atoms with Crippen molar-refractivity contribution in [2.24, 2.45) is 22.7 Å². The molecule has 2 aliphatic heterocycles. The van der Waals surface area contributed by atoms with Gasteiger partial charge < -0.3 is 4.74 Å². The molecule has 0 aromatic carbocycles. The quantitative estimate of drug-likeness (QED) is 0.559. The Labute approximate surface area is 79.4 Å². The molecule has 0 aromatic rings. The number of nitrogens with zero attached hydrogens (tertiary/aromatic N) is 1. The first kappa shape index (κ1) is 7.84. The smallest absolute Gasteiger partial charge is 0.186 e. The Bertz CT molecular complexity index is 234. The molecule has 13 heavy (non-hydrogen) atoms. The number of rotatable bonds is 0. The van der Waals surface area contributed by atoms with Crippen LogP contribution >= 0.6 is 0 Å². The van der Waals surface area contributed by atoms with Crippen molar-refractivity contribution in [3.63, 3.8) is 0 Å². The molecule has 2 heterocycles. The number of methoxy groups -OCH3 is 1. The largest absolute Gasteiger partial charge is 0.484 e. The third-order valence-electron chi connectivity index (χ3n) is 3.98. The second-order valence-electron chi connectivity index (χ2n) is 4.93. The predicted octanol–water partition coefficient (Wildman–Crippen LogP) is 2.24. The standard InChI is InChI=1S/C11H17NO/c1-13-11-9-3-7-2-8(4-9)6-10(5-7)12-11/h7-10H,2-6H2,1H3/t7-,8+,9?,10?. The van der Waals surface area contributed by atoms with Gasteiger partial charge in [0.1, 0.15) is 0 Å². The third-order valence-corrected chi connectivity index (χ3v) is 3.98. The van der Waals surface area contributed by atoms with Gasteiger partial charge in [-0.05, 0) is 43.9 Å². The highest BCUT2D eigenvalue weighted by Crippen LogP contribution is 2.46. The fraction of sp³-hybridized carbons (Fsp3) is 0.909. The van der Waals surface area contributed by atoms with Crippen LogP contribution in [0.2, 0.25) is 0 Å². The summed E-state index contributed by atoms with van der Waals surface area (Å²) >= 11 is 0. The molecular weight excluding hydrogens is 162 g/mol. The van der Waals surface area contributed by atoms with Crippen LogP contribution < -0.4 is 0 Å². The van der Waals surface area contributed by atoms with Gasteiger partial charge >= 0.3 is 0 Å². The average Bonchev–Trinajstić information content (AvgIpc) is 2.29. The van der Waals surface area contributed by atoms with E-state index in [1.54, 1.807) is 7.11 Å². The van der Waals surface area contributed by atoms with E-state index in [0.717, 1.165) is 17.7 Å². The van der Waals surface area contributed by atoms with Gasteiger partial charge in [0, 0.05) is 5.92 Å². The van der Waals surface area contributed by atoms with Crippen LogP contribution in [0.4, 0.5) is 0 Å². The first-order valence-electron chi connectivity index (χ1n) is 5.47. The summed E-state index contributed by atoms with van der Waals surface area (Å²) in [5.74, 6) is 3.65. The molecule has 4 rings (SSSR count). The highest BCUT2D eigenvalue weighted by atomic mass is 16.5. The molecule has 0 radical (unpaired) electrons. The Kier molecular flexibility index (Phi) is 1.64. The fourth-order valence-electron chi connectivity index (χ4n) is 3.63. The van der Waals surface area contributed by atoms with Crippen molar-refractivity contribution >= 4 is 5.90 Å². The second kappa shape index (κ2) is 2.73. The Morgan fingerprint density at radius 1 is 1.08 bits per heavy atom. The molecule has 2 saturated carbocycles. The zero-order valence-electron chi connectivity index (χ0n) is 8.20. The molecule has 0 saturated heterocycles. The summed E-state index contributed by atoms with van der Waals surface area (Å²) in [5, 5.41) is 0. The molecule has 4 aliphatic rings. The zero-order valence-corrected chi connectivity index (χ0v) is 8.20. The van der Waals surface area contributed by atoms with E-state index in [2.05, 4.69) is 0 Å².